The number of anilines is 1. The molecule has 0 saturated carbocycles. The van der Waals surface area contributed by atoms with E-state index in [1.54, 1.807) is 4.57 Å². The lowest BCUT2D eigenvalue weighted by molar-refractivity contribution is -0.137. The number of aromatic amines is 1. The number of benzene rings is 3. The minimum Gasteiger partial charge on any atom is -0.337 e. The van der Waals surface area contributed by atoms with Crippen LogP contribution in [0.1, 0.15) is 22.4 Å². The van der Waals surface area contributed by atoms with Crippen LogP contribution < -0.4 is 10.5 Å². The van der Waals surface area contributed by atoms with Gasteiger partial charge >= 0.3 is 6.18 Å². The Morgan fingerprint density at radius 1 is 1.00 bits per heavy atom. The molecular weight excluding hydrogens is 547 g/mol. The Kier molecular flexibility index (Phi) is 6.60. The summed E-state index contributed by atoms with van der Waals surface area (Å²) in [5, 5.41) is 1.25. The lowest BCUT2D eigenvalue weighted by Crippen LogP contribution is -2.38. The molecule has 1 aliphatic rings. The van der Waals surface area contributed by atoms with E-state index in [-0.39, 0.29) is 12.1 Å². The predicted octanol–water partition coefficient (Wildman–Crippen LogP) is 6.64. The fourth-order valence-electron chi connectivity index (χ4n) is 4.59. The van der Waals surface area contributed by atoms with Crippen LogP contribution >= 0.6 is 23.4 Å². The summed E-state index contributed by atoms with van der Waals surface area (Å²) in [5.41, 5.74) is 2.82. The van der Waals surface area contributed by atoms with Gasteiger partial charge in [0.25, 0.3) is 5.56 Å². The van der Waals surface area contributed by atoms with E-state index in [1.807, 2.05) is 59.5 Å². The van der Waals surface area contributed by atoms with Gasteiger partial charge in [0.2, 0.25) is 5.95 Å². The third kappa shape index (κ3) is 5.14. The van der Waals surface area contributed by atoms with Gasteiger partial charge in [-0.3, -0.25) is 9.36 Å². The number of alkyl halides is 3. The topological polar surface area (TPSA) is 66.8 Å². The highest BCUT2D eigenvalue weighted by atomic mass is 35.5. The quantitative estimate of drug-likeness (QED) is 0.191. The van der Waals surface area contributed by atoms with Crippen molar-refractivity contribution >= 4 is 40.3 Å². The second kappa shape index (κ2) is 10.1. The van der Waals surface area contributed by atoms with Crippen LogP contribution in [0.4, 0.5) is 19.1 Å². The van der Waals surface area contributed by atoms with Gasteiger partial charge in [0.15, 0.2) is 5.16 Å². The first kappa shape index (κ1) is 25.5. The highest BCUT2D eigenvalue weighted by Crippen LogP contribution is 2.32. The fraction of sp³-hybridized carbons (Fsp3) is 0.179. The van der Waals surface area contributed by atoms with Gasteiger partial charge in [-0.05, 0) is 48.0 Å². The Bertz CT molecular complexity index is 1720. The summed E-state index contributed by atoms with van der Waals surface area (Å²) in [5.74, 6) is 1.03. The summed E-state index contributed by atoms with van der Waals surface area (Å²) in [6.07, 6.45) is -3.94. The number of rotatable bonds is 5. The van der Waals surface area contributed by atoms with E-state index < -0.39 is 11.7 Å². The Hall–Kier alpha value is -3.76. The lowest BCUT2D eigenvalue weighted by Gasteiger charge is -2.28. The van der Waals surface area contributed by atoms with Gasteiger partial charge in [-0.25, -0.2) is 9.97 Å². The van der Waals surface area contributed by atoms with Crippen molar-refractivity contribution < 1.29 is 13.2 Å². The molecule has 0 atom stereocenters. The molecule has 1 N–H and O–H groups in total. The first-order valence-electron chi connectivity index (χ1n) is 12.2. The van der Waals surface area contributed by atoms with Crippen LogP contribution in [0.25, 0.3) is 16.7 Å². The normalized spacial score (nSPS) is 13.6. The number of hydrogen-bond acceptors (Lipinski definition) is 5. The monoisotopic (exact) mass is 567 g/mol. The van der Waals surface area contributed by atoms with E-state index in [0.29, 0.717) is 57.1 Å². The van der Waals surface area contributed by atoms with Crippen molar-refractivity contribution in [3.05, 3.63) is 111 Å². The largest absolute Gasteiger partial charge is 0.416 e. The lowest BCUT2D eigenvalue weighted by atomic mass is 10.1. The molecule has 0 saturated heterocycles. The van der Waals surface area contributed by atoms with Gasteiger partial charge in [-0.1, -0.05) is 53.7 Å². The number of aromatic nitrogens is 4. The van der Waals surface area contributed by atoms with Gasteiger partial charge < -0.3 is 9.88 Å². The number of H-pyrrole nitrogens is 1. The zero-order valence-corrected chi connectivity index (χ0v) is 21.9. The number of hydrogen-bond donors (Lipinski definition) is 1. The molecule has 39 heavy (non-hydrogen) atoms. The molecular formula is C28H21ClF3N5OS. The summed E-state index contributed by atoms with van der Waals surface area (Å²) in [6.45, 7) is 0.754. The number of imidazole rings is 1. The predicted molar refractivity (Wildman–Crippen MR) is 147 cm³/mol. The van der Waals surface area contributed by atoms with Crippen LogP contribution in [-0.2, 0) is 24.9 Å². The molecule has 5 aromatic rings. The van der Waals surface area contributed by atoms with E-state index in [9.17, 15) is 18.0 Å². The number of para-hydroxylation sites is 1. The summed E-state index contributed by atoms with van der Waals surface area (Å²) in [7, 11) is 0. The van der Waals surface area contributed by atoms with E-state index in [1.165, 1.54) is 17.8 Å². The number of fused-ring (bicyclic) bond motifs is 2. The number of nitrogens with one attached hydrogen (secondary N) is 1. The van der Waals surface area contributed by atoms with Crippen LogP contribution in [0.15, 0.2) is 82.7 Å². The highest BCUT2D eigenvalue weighted by molar-refractivity contribution is 7.98. The molecule has 3 heterocycles. The highest BCUT2D eigenvalue weighted by Gasteiger charge is 2.31. The Morgan fingerprint density at radius 3 is 2.51 bits per heavy atom. The zero-order chi connectivity index (χ0) is 27.1. The minimum atomic E-state index is -4.44. The third-order valence-electron chi connectivity index (χ3n) is 6.59. The Labute approximate surface area is 230 Å². The number of nitrogens with zero attached hydrogens (tertiary/aromatic N) is 4. The van der Waals surface area contributed by atoms with Gasteiger partial charge in [-0.15, -0.1) is 0 Å². The molecule has 0 fully saturated rings. The molecule has 1 aliphatic heterocycles. The fourth-order valence-corrected chi connectivity index (χ4v) is 5.69. The molecule has 3 aromatic carbocycles. The van der Waals surface area contributed by atoms with E-state index in [2.05, 4.69) is 9.97 Å². The van der Waals surface area contributed by atoms with E-state index in [0.717, 1.165) is 23.4 Å². The summed E-state index contributed by atoms with van der Waals surface area (Å²) in [4.78, 5) is 28.2. The van der Waals surface area contributed by atoms with Crippen LogP contribution in [0, 0.1) is 0 Å². The second-order valence-electron chi connectivity index (χ2n) is 9.17. The van der Waals surface area contributed by atoms with Gasteiger partial charge in [0.1, 0.15) is 0 Å². The molecule has 2 aromatic heterocycles. The standard InChI is InChI=1S/C28H21ClF3N5OS/c29-19-9-6-17(7-10-19)16-39-27-35-22-12-13-36(15-21(22)25(38)37(27)20-4-2-1-3-5-20)26-33-23-11-8-18(28(30,31)32)14-24(23)34-26/h1-11,14H,12-13,15-16H2,(H,33,34). The second-order valence-corrected chi connectivity index (χ2v) is 10.6. The summed E-state index contributed by atoms with van der Waals surface area (Å²) < 4.78 is 41.1. The van der Waals surface area contributed by atoms with Crippen molar-refractivity contribution in [2.45, 2.75) is 30.1 Å². The van der Waals surface area contributed by atoms with Gasteiger partial charge in [-0.2, -0.15) is 13.2 Å². The minimum absolute atomic E-state index is 0.176. The maximum Gasteiger partial charge on any atom is 0.416 e. The van der Waals surface area contributed by atoms with Crippen LogP contribution in [-0.4, -0.2) is 26.1 Å². The van der Waals surface area contributed by atoms with E-state index in [4.69, 9.17) is 16.6 Å². The van der Waals surface area contributed by atoms with Crippen molar-refractivity contribution in [2.75, 3.05) is 11.4 Å². The van der Waals surface area contributed by atoms with Crippen molar-refractivity contribution in [2.24, 2.45) is 0 Å². The van der Waals surface area contributed by atoms with Gasteiger partial charge in [0, 0.05) is 23.7 Å². The first-order valence-corrected chi connectivity index (χ1v) is 13.5. The maximum atomic E-state index is 13.9. The summed E-state index contributed by atoms with van der Waals surface area (Å²) >= 11 is 7.49. The average Bonchev–Trinajstić information content (AvgIpc) is 3.36. The van der Waals surface area contributed by atoms with Crippen molar-refractivity contribution in [3.63, 3.8) is 0 Å². The van der Waals surface area contributed by atoms with Crippen molar-refractivity contribution in [3.8, 4) is 5.69 Å². The Balaban J connectivity index is 1.35. The summed E-state index contributed by atoms with van der Waals surface area (Å²) in [6, 6.07) is 20.3. The molecule has 0 bridgehead atoms. The molecule has 0 radical (unpaired) electrons. The molecule has 198 valence electrons. The van der Waals surface area contributed by atoms with Crippen LogP contribution in [0.2, 0.25) is 5.02 Å². The van der Waals surface area contributed by atoms with E-state index >= 15 is 0 Å². The van der Waals surface area contributed by atoms with Crippen molar-refractivity contribution in [1.82, 2.24) is 19.5 Å². The van der Waals surface area contributed by atoms with Gasteiger partial charge in [0.05, 0.1) is 40.1 Å². The molecule has 0 aliphatic carbocycles. The third-order valence-corrected chi connectivity index (χ3v) is 7.85. The average molecular weight is 568 g/mol. The van der Waals surface area contributed by atoms with Crippen molar-refractivity contribution in [1.29, 1.82) is 0 Å². The first-order chi connectivity index (χ1) is 18.8. The number of halogens is 4. The maximum absolute atomic E-state index is 13.9. The smallest absolute Gasteiger partial charge is 0.337 e. The molecule has 11 heteroatoms. The molecule has 0 unspecified atom stereocenters. The zero-order valence-electron chi connectivity index (χ0n) is 20.4. The Morgan fingerprint density at radius 2 is 1.77 bits per heavy atom. The van der Waals surface area contributed by atoms with Crippen LogP contribution in [0.3, 0.4) is 0 Å². The molecule has 6 rings (SSSR count). The number of thioether (sulfide) groups is 1. The van der Waals surface area contributed by atoms with Crippen LogP contribution in [0.5, 0.6) is 0 Å². The molecule has 0 amide bonds. The SMILES string of the molecule is O=c1c2c(nc(SCc3ccc(Cl)cc3)n1-c1ccccc1)CCN(c1nc3ccc(C(F)(F)F)cc3[nH]1)C2. The molecule has 0 spiro atoms. The molecule has 6 nitrogen and oxygen atoms in total.